The third-order valence-electron chi connectivity index (χ3n) is 10.1. The van der Waals surface area contributed by atoms with E-state index >= 15 is 0 Å². The highest BCUT2D eigenvalue weighted by atomic mass is 16.7. The van der Waals surface area contributed by atoms with Crippen LogP contribution < -0.4 is 20.5 Å². The largest absolute Gasteiger partial charge is 0.493 e. The number of carbonyl (C=O) groups is 4. The van der Waals surface area contributed by atoms with Crippen LogP contribution in [0.1, 0.15) is 66.4 Å². The lowest BCUT2D eigenvalue weighted by atomic mass is 9.80. The minimum atomic E-state index is -1.23. The van der Waals surface area contributed by atoms with Crippen molar-refractivity contribution in [3.05, 3.63) is 23.8 Å². The first kappa shape index (κ1) is 43.7. The van der Waals surface area contributed by atoms with Crippen LogP contribution in [0.2, 0.25) is 0 Å². The molecule has 5 atom stereocenters. The number of ether oxygens (including phenoxy) is 7. The van der Waals surface area contributed by atoms with Crippen molar-refractivity contribution in [1.29, 1.82) is 0 Å². The van der Waals surface area contributed by atoms with Gasteiger partial charge in [-0.2, -0.15) is 0 Å². The van der Waals surface area contributed by atoms with Gasteiger partial charge in [-0.15, -0.1) is 0 Å². The van der Waals surface area contributed by atoms with Gasteiger partial charge >= 0.3 is 12.1 Å². The van der Waals surface area contributed by atoms with E-state index in [1.165, 1.54) is 4.90 Å². The number of nitrogens with zero attached hydrogens (tertiary/aromatic N) is 1. The number of nitrogens with two attached hydrogens (primary N) is 1. The molecule has 1 aromatic rings. The number of carboxylic acid groups (broad SMARTS) is 1. The smallest absolute Gasteiger partial charge is 0.409 e. The molecule has 3 amide bonds. The standard InChI is InChI=1S/C38H61N3O12/c1-23(2)26(14-25-10-11-30(48-8)32(15-25)51-13-9-12-47-7)16-29-31(17-28(24(3)4)34(42)40-21-38(5,6)36(39)44)53-33(41(29)37(45)46)20-52-35(43)27-18-49-22-50-19-27/h10-11,15,23-24,26-29,31,33H,9,12-14,16-22H2,1-8H3,(H2,39,44)(H,40,42)(H,45,46)/t26-,28+,29+,31+,33?/m1/s1. The number of primary amides is 1. The molecule has 300 valence electrons. The summed E-state index contributed by atoms with van der Waals surface area (Å²) in [6.07, 6.45) is -1.14. The lowest BCUT2D eigenvalue weighted by Gasteiger charge is -2.33. The molecule has 53 heavy (non-hydrogen) atoms. The molecular formula is C38H61N3O12. The third-order valence-corrected chi connectivity index (χ3v) is 10.1. The fourth-order valence-electron chi connectivity index (χ4n) is 6.52. The van der Waals surface area contributed by atoms with Gasteiger partial charge in [0.05, 0.1) is 44.5 Å². The first-order chi connectivity index (χ1) is 25.1. The molecular weight excluding hydrogens is 690 g/mol. The molecule has 15 heteroatoms. The molecule has 0 bridgehead atoms. The normalized spacial score (nSPS) is 20.6. The first-order valence-corrected chi connectivity index (χ1v) is 18.4. The molecule has 0 radical (unpaired) electrons. The molecule has 0 spiro atoms. The average molecular weight is 752 g/mol. The average Bonchev–Trinajstić information content (AvgIpc) is 3.46. The Morgan fingerprint density at radius 3 is 2.30 bits per heavy atom. The summed E-state index contributed by atoms with van der Waals surface area (Å²) in [6, 6.07) is 5.11. The second-order valence-corrected chi connectivity index (χ2v) is 15.2. The van der Waals surface area contributed by atoms with E-state index in [2.05, 4.69) is 19.2 Å². The number of hydrogen-bond acceptors (Lipinski definition) is 11. The summed E-state index contributed by atoms with van der Waals surface area (Å²) >= 11 is 0. The van der Waals surface area contributed by atoms with Gasteiger partial charge in [-0.25, -0.2) is 4.79 Å². The molecule has 2 aliphatic rings. The zero-order valence-electron chi connectivity index (χ0n) is 32.6. The van der Waals surface area contributed by atoms with Crippen LogP contribution in [0.25, 0.3) is 0 Å². The summed E-state index contributed by atoms with van der Waals surface area (Å²) in [4.78, 5) is 52.7. The van der Waals surface area contributed by atoms with E-state index in [9.17, 15) is 24.3 Å². The Hall–Kier alpha value is -3.66. The predicted octanol–water partition coefficient (Wildman–Crippen LogP) is 3.84. The van der Waals surface area contributed by atoms with Gasteiger partial charge < -0.3 is 49.3 Å². The van der Waals surface area contributed by atoms with Crippen LogP contribution in [0, 0.1) is 35.0 Å². The van der Waals surface area contributed by atoms with E-state index in [1.807, 2.05) is 32.0 Å². The fraction of sp³-hybridized carbons (Fsp3) is 0.737. The maximum Gasteiger partial charge on any atom is 0.409 e. The number of hydrogen-bond donors (Lipinski definition) is 3. The van der Waals surface area contributed by atoms with Crippen molar-refractivity contribution in [1.82, 2.24) is 10.2 Å². The highest BCUT2D eigenvalue weighted by Gasteiger charge is 2.48. The molecule has 1 aromatic carbocycles. The molecule has 0 aliphatic carbocycles. The highest BCUT2D eigenvalue weighted by molar-refractivity contribution is 5.83. The molecule has 15 nitrogen and oxygen atoms in total. The van der Waals surface area contributed by atoms with E-state index in [0.717, 1.165) is 5.56 Å². The summed E-state index contributed by atoms with van der Waals surface area (Å²) in [7, 11) is 3.23. The minimum Gasteiger partial charge on any atom is -0.493 e. The van der Waals surface area contributed by atoms with Crippen LogP contribution in [0.5, 0.6) is 11.5 Å². The topological polar surface area (TPSA) is 194 Å². The van der Waals surface area contributed by atoms with Crippen LogP contribution in [0.4, 0.5) is 4.79 Å². The molecule has 2 fully saturated rings. The Bertz CT molecular complexity index is 1350. The highest BCUT2D eigenvalue weighted by Crippen LogP contribution is 2.37. The molecule has 4 N–H and O–H groups in total. The van der Waals surface area contributed by atoms with Crippen molar-refractivity contribution in [2.24, 2.45) is 40.7 Å². The Kier molecular flexibility index (Phi) is 17.1. The van der Waals surface area contributed by atoms with Crippen LogP contribution in [-0.2, 0) is 44.5 Å². The van der Waals surface area contributed by atoms with Crippen LogP contribution in [0.3, 0.4) is 0 Å². The van der Waals surface area contributed by atoms with Crippen molar-refractivity contribution in [2.45, 2.75) is 85.6 Å². The molecule has 2 aliphatic heterocycles. The number of rotatable bonds is 21. The summed E-state index contributed by atoms with van der Waals surface area (Å²) in [5, 5.41) is 13.5. The number of carbonyl (C=O) groups excluding carboxylic acids is 3. The molecule has 1 unspecified atom stereocenters. The summed E-state index contributed by atoms with van der Waals surface area (Å²) < 4.78 is 39.2. The zero-order valence-corrected chi connectivity index (χ0v) is 32.6. The minimum absolute atomic E-state index is 0.0248. The second-order valence-electron chi connectivity index (χ2n) is 15.2. The molecule has 3 rings (SSSR count). The van der Waals surface area contributed by atoms with Gasteiger partial charge in [0.2, 0.25) is 11.8 Å². The fourth-order valence-corrected chi connectivity index (χ4v) is 6.52. The summed E-state index contributed by atoms with van der Waals surface area (Å²) in [6.45, 7) is 12.4. The number of amides is 3. The Balaban J connectivity index is 1.91. The van der Waals surface area contributed by atoms with Gasteiger partial charge in [-0.3, -0.25) is 19.3 Å². The number of nitrogens with one attached hydrogen (secondary N) is 1. The van der Waals surface area contributed by atoms with Crippen LogP contribution >= 0.6 is 0 Å². The monoisotopic (exact) mass is 751 g/mol. The van der Waals surface area contributed by atoms with Crippen molar-refractivity contribution >= 4 is 23.9 Å². The van der Waals surface area contributed by atoms with Crippen molar-refractivity contribution in [3.63, 3.8) is 0 Å². The van der Waals surface area contributed by atoms with Crippen molar-refractivity contribution in [2.75, 3.05) is 60.6 Å². The predicted molar refractivity (Wildman–Crippen MR) is 194 cm³/mol. The van der Waals surface area contributed by atoms with Gasteiger partial charge in [-0.1, -0.05) is 33.8 Å². The molecule has 0 saturated carbocycles. The molecule has 2 saturated heterocycles. The van der Waals surface area contributed by atoms with Crippen LogP contribution in [-0.4, -0.2) is 113 Å². The van der Waals surface area contributed by atoms with E-state index in [1.54, 1.807) is 28.1 Å². The number of benzene rings is 1. The molecule has 2 heterocycles. The van der Waals surface area contributed by atoms with Gasteiger partial charge in [0, 0.05) is 32.6 Å². The zero-order chi connectivity index (χ0) is 39.3. The lowest BCUT2D eigenvalue weighted by molar-refractivity contribution is -0.176. The maximum atomic E-state index is 13.6. The van der Waals surface area contributed by atoms with Gasteiger partial charge in [0.1, 0.15) is 19.3 Å². The Labute approximate surface area is 313 Å². The number of methoxy groups -OCH3 is 2. The van der Waals surface area contributed by atoms with Gasteiger partial charge in [-0.05, 0) is 68.6 Å². The second kappa shape index (κ2) is 20.7. The summed E-state index contributed by atoms with van der Waals surface area (Å²) in [5.74, 6) is -1.47. The lowest BCUT2D eigenvalue weighted by Crippen LogP contribution is -2.47. The van der Waals surface area contributed by atoms with Crippen molar-refractivity contribution < 1.29 is 57.4 Å². The third kappa shape index (κ3) is 12.7. The van der Waals surface area contributed by atoms with E-state index < -0.39 is 53.6 Å². The summed E-state index contributed by atoms with van der Waals surface area (Å²) in [5.41, 5.74) is 5.56. The number of esters is 1. The van der Waals surface area contributed by atoms with Crippen LogP contribution in [0.15, 0.2) is 18.2 Å². The quantitative estimate of drug-likeness (QED) is 0.122. The van der Waals surface area contributed by atoms with Gasteiger partial charge in [0.15, 0.2) is 17.7 Å². The molecule has 0 aromatic heterocycles. The van der Waals surface area contributed by atoms with Crippen molar-refractivity contribution in [3.8, 4) is 11.5 Å². The SMILES string of the molecule is COCCCOc1cc(C[C@H](C[C@H]2[C@H](C[C@H](C(=O)NCC(C)(C)C(N)=O)C(C)C)OC(COC(=O)C3COCOC3)N2C(=O)O)C(C)C)ccc1OC. The first-order valence-electron chi connectivity index (χ1n) is 18.4. The van der Waals surface area contributed by atoms with E-state index in [4.69, 9.17) is 38.9 Å². The van der Waals surface area contributed by atoms with Gasteiger partial charge in [0.25, 0.3) is 0 Å². The maximum absolute atomic E-state index is 13.6. The Morgan fingerprint density at radius 2 is 1.72 bits per heavy atom. The Morgan fingerprint density at radius 1 is 1.02 bits per heavy atom. The van der Waals surface area contributed by atoms with E-state index in [-0.39, 0.29) is 63.2 Å². The van der Waals surface area contributed by atoms with E-state index in [0.29, 0.717) is 44.0 Å².